The third-order valence-corrected chi connectivity index (χ3v) is 7.61. The Kier molecular flexibility index (Phi) is 10.6. The SMILES string of the molecule is CCc1c(Oc2ccccc2)cccc1C(C)C(=O)[O][Al+][O]C(=O)C(C)c1cccc(Oc2ccccc2)c1CC. The maximum absolute atomic E-state index is 13.0. The summed E-state index contributed by atoms with van der Waals surface area (Å²) in [6, 6.07) is 30.4. The Morgan fingerprint density at radius 3 is 1.34 bits per heavy atom. The first-order valence-corrected chi connectivity index (χ1v) is 14.8. The normalized spacial score (nSPS) is 12.0. The quantitative estimate of drug-likeness (QED) is 0.163. The maximum atomic E-state index is 13.0. The van der Waals surface area contributed by atoms with E-state index in [2.05, 4.69) is 0 Å². The van der Waals surface area contributed by atoms with Crippen molar-refractivity contribution in [3.05, 3.63) is 119 Å². The van der Waals surface area contributed by atoms with Gasteiger partial charge in [0.15, 0.2) is 0 Å². The van der Waals surface area contributed by atoms with Gasteiger partial charge in [0.05, 0.1) is 0 Å². The van der Waals surface area contributed by atoms with Gasteiger partial charge >= 0.3 is 249 Å². The molecule has 4 aromatic carbocycles. The van der Waals surface area contributed by atoms with Crippen molar-refractivity contribution in [1.29, 1.82) is 0 Å². The van der Waals surface area contributed by atoms with Crippen LogP contribution in [0.3, 0.4) is 0 Å². The van der Waals surface area contributed by atoms with Gasteiger partial charge in [-0.3, -0.25) is 0 Å². The molecule has 0 amide bonds. The molecule has 0 saturated carbocycles. The van der Waals surface area contributed by atoms with E-state index in [1.54, 1.807) is 13.8 Å². The van der Waals surface area contributed by atoms with Gasteiger partial charge in [0, 0.05) is 0 Å². The summed E-state index contributed by atoms with van der Waals surface area (Å²) < 4.78 is 23.1. The molecule has 0 aliphatic rings. The average Bonchev–Trinajstić information content (AvgIpc) is 3.01. The number of rotatable bonds is 12. The van der Waals surface area contributed by atoms with Gasteiger partial charge in [0.1, 0.15) is 0 Å². The van der Waals surface area contributed by atoms with Gasteiger partial charge in [0.2, 0.25) is 0 Å². The van der Waals surface area contributed by atoms with E-state index in [9.17, 15) is 9.59 Å². The molecule has 0 saturated heterocycles. The molecular formula is C34H34AlO6+. The number of ether oxygens (including phenoxy) is 2. The van der Waals surface area contributed by atoms with Gasteiger partial charge in [-0.25, -0.2) is 0 Å². The van der Waals surface area contributed by atoms with Crippen molar-refractivity contribution in [3.8, 4) is 23.0 Å². The van der Waals surface area contributed by atoms with Crippen LogP contribution in [0.15, 0.2) is 97.1 Å². The van der Waals surface area contributed by atoms with E-state index in [1.807, 2.05) is 111 Å². The Bertz CT molecular complexity index is 1340. The van der Waals surface area contributed by atoms with Crippen molar-refractivity contribution in [2.75, 3.05) is 0 Å². The summed E-state index contributed by atoms with van der Waals surface area (Å²) in [6.45, 7) is 7.62. The van der Waals surface area contributed by atoms with Gasteiger partial charge in [0.25, 0.3) is 0 Å². The fourth-order valence-corrected chi connectivity index (χ4v) is 5.38. The number of para-hydroxylation sites is 2. The van der Waals surface area contributed by atoms with Crippen molar-refractivity contribution >= 4 is 27.8 Å². The van der Waals surface area contributed by atoms with Crippen LogP contribution in [0.1, 0.15) is 61.8 Å². The minimum absolute atomic E-state index is 0.445. The summed E-state index contributed by atoms with van der Waals surface area (Å²) in [4.78, 5) is 25.9. The zero-order valence-electron chi connectivity index (χ0n) is 23.8. The molecule has 0 bridgehead atoms. The molecule has 4 rings (SSSR count). The van der Waals surface area contributed by atoms with Crippen LogP contribution in [0.5, 0.6) is 23.0 Å². The van der Waals surface area contributed by atoms with E-state index < -0.39 is 39.7 Å². The van der Waals surface area contributed by atoms with Crippen molar-refractivity contribution < 1.29 is 26.6 Å². The molecule has 0 aliphatic carbocycles. The first-order chi connectivity index (χ1) is 19.9. The van der Waals surface area contributed by atoms with Crippen molar-refractivity contribution in [2.45, 2.75) is 52.4 Å². The Hall–Kier alpha value is -4.05. The van der Waals surface area contributed by atoms with Crippen molar-refractivity contribution in [2.24, 2.45) is 0 Å². The summed E-state index contributed by atoms with van der Waals surface area (Å²) in [6.07, 6.45) is 1.37. The standard InChI is InChI=1S/2C17H18O3.Al/c2*1-3-14-15(12(2)17(18)19)10-7-11-16(14)20-13-8-5-4-6-9-13;/h2*4-12H,3H2,1-2H3,(H,18,19);/q;;+3/p-2. The van der Waals surface area contributed by atoms with E-state index in [0.29, 0.717) is 24.3 Å². The van der Waals surface area contributed by atoms with Gasteiger partial charge in [-0.2, -0.15) is 0 Å². The summed E-state index contributed by atoms with van der Waals surface area (Å²) in [5, 5.41) is 0. The Morgan fingerprint density at radius 1 is 0.585 bits per heavy atom. The average molecular weight is 566 g/mol. The van der Waals surface area contributed by atoms with E-state index in [4.69, 9.17) is 17.1 Å². The van der Waals surface area contributed by atoms with Crippen LogP contribution >= 0.6 is 0 Å². The van der Waals surface area contributed by atoms with Crippen LogP contribution in [0.2, 0.25) is 0 Å². The van der Waals surface area contributed by atoms with Gasteiger partial charge in [-0.05, 0) is 0 Å². The molecular weight excluding hydrogens is 531 g/mol. The third kappa shape index (κ3) is 7.58. The van der Waals surface area contributed by atoms with E-state index >= 15 is 0 Å². The topological polar surface area (TPSA) is 71.1 Å². The monoisotopic (exact) mass is 565 g/mol. The van der Waals surface area contributed by atoms with Crippen LogP contribution in [0, 0.1) is 0 Å². The molecule has 0 N–H and O–H groups in total. The van der Waals surface area contributed by atoms with E-state index in [1.165, 1.54) is 0 Å². The van der Waals surface area contributed by atoms with E-state index in [-0.39, 0.29) is 0 Å². The molecule has 0 heterocycles. The zero-order valence-corrected chi connectivity index (χ0v) is 25.0. The summed E-state index contributed by atoms with van der Waals surface area (Å²) in [7, 11) is 0. The first kappa shape index (κ1) is 29.9. The van der Waals surface area contributed by atoms with Gasteiger partial charge < -0.3 is 0 Å². The van der Waals surface area contributed by atoms with Gasteiger partial charge in [-0.15, -0.1) is 0 Å². The molecule has 2 atom stereocenters. The Morgan fingerprint density at radius 2 is 0.976 bits per heavy atom. The second-order valence-corrected chi connectivity index (χ2v) is 10.3. The predicted octanol–water partition coefficient (Wildman–Crippen LogP) is 7.92. The first-order valence-electron chi connectivity index (χ1n) is 13.8. The summed E-state index contributed by atoms with van der Waals surface area (Å²) in [5.74, 6) is 0.867. The molecule has 0 aliphatic heterocycles. The van der Waals surface area contributed by atoms with Crippen LogP contribution < -0.4 is 9.47 Å². The van der Waals surface area contributed by atoms with Crippen LogP contribution in [-0.4, -0.2) is 27.8 Å². The summed E-state index contributed by atoms with van der Waals surface area (Å²) in [5.41, 5.74) is 3.53. The number of carbonyl (C=O) groups is 2. The number of carbonyl (C=O) groups excluding carboxylic acids is 2. The molecule has 2 unspecified atom stereocenters. The molecule has 0 spiro atoms. The Labute approximate surface area is 248 Å². The molecule has 4 aromatic rings. The number of hydrogen-bond donors (Lipinski definition) is 0. The molecule has 0 radical (unpaired) electrons. The van der Waals surface area contributed by atoms with Crippen molar-refractivity contribution in [3.63, 3.8) is 0 Å². The van der Waals surface area contributed by atoms with E-state index in [0.717, 1.165) is 33.8 Å². The van der Waals surface area contributed by atoms with Crippen LogP contribution in [-0.2, 0) is 30.0 Å². The second-order valence-electron chi connectivity index (χ2n) is 9.60. The summed E-state index contributed by atoms with van der Waals surface area (Å²) >= 11 is -1.32. The van der Waals surface area contributed by atoms with Crippen LogP contribution in [0.4, 0.5) is 0 Å². The number of hydrogen-bond acceptors (Lipinski definition) is 6. The molecule has 6 nitrogen and oxygen atoms in total. The fraction of sp³-hybridized carbons (Fsp3) is 0.235. The molecule has 41 heavy (non-hydrogen) atoms. The Balaban J connectivity index is 1.38. The minimum atomic E-state index is -1.32. The second kappa shape index (κ2) is 14.5. The number of benzene rings is 4. The fourth-order valence-electron chi connectivity index (χ4n) is 4.73. The molecule has 0 fully saturated rings. The van der Waals surface area contributed by atoms with Gasteiger partial charge in [-0.1, -0.05) is 0 Å². The third-order valence-electron chi connectivity index (χ3n) is 6.96. The molecule has 7 heteroatoms. The molecule has 0 aromatic heterocycles. The van der Waals surface area contributed by atoms with Crippen molar-refractivity contribution in [1.82, 2.24) is 0 Å². The predicted molar refractivity (Wildman–Crippen MR) is 159 cm³/mol. The molecule has 208 valence electrons. The van der Waals surface area contributed by atoms with Crippen LogP contribution in [0.25, 0.3) is 0 Å². The zero-order chi connectivity index (χ0) is 29.2.